The second kappa shape index (κ2) is 5.92. The van der Waals surface area contributed by atoms with E-state index in [0.29, 0.717) is 0 Å². The first-order valence-electron chi connectivity index (χ1n) is 6.10. The van der Waals surface area contributed by atoms with Crippen LogP contribution in [0.4, 0.5) is 24.5 Å². The maximum absolute atomic E-state index is 13.1. The van der Waals surface area contributed by atoms with Gasteiger partial charge in [-0.1, -0.05) is 0 Å². The van der Waals surface area contributed by atoms with Crippen molar-refractivity contribution in [3.8, 4) is 0 Å². The Morgan fingerprint density at radius 1 is 1.14 bits per heavy atom. The zero-order valence-corrected chi connectivity index (χ0v) is 11.3. The molecule has 0 radical (unpaired) electrons. The summed E-state index contributed by atoms with van der Waals surface area (Å²) < 4.78 is 43.9. The first-order chi connectivity index (χ1) is 10.3. The van der Waals surface area contributed by atoms with Crippen molar-refractivity contribution in [1.29, 1.82) is 0 Å². The molecule has 0 spiro atoms. The largest absolute Gasteiger partial charge is 0.472 e. The highest BCUT2D eigenvalue weighted by atomic mass is 19.4. The minimum atomic E-state index is -4.69. The van der Waals surface area contributed by atoms with Crippen LogP contribution in [-0.2, 0) is 11.0 Å². The number of carbonyl (C=O) groups is 2. The van der Waals surface area contributed by atoms with Crippen molar-refractivity contribution < 1.29 is 27.2 Å². The molecule has 1 heterocycles. The van der Waals surface area contributed by atoms with Gasteiger partial charge in [-0.3, -0.25) is 9.59 Å². The lowest BCUT2D eigenvalue weighted by Crippen LogP contribution is -2.17. The summed E-state index contributed by atoms with van der Waals surface area (Å²) in [5.41, 5.74) is -1.39. The average Bonchev–Trinajstić information content (AvgIpc) is 2.92. The molecule has 1 aromatic heterocycles. The van der Waals surface area contributed by atoms with Gasteiger partial charge in [-0.05, 0) is 24.3 Å². The Kier molecular flexibility index (Phi) is 4.20. The minimum Gasteiger partial charge on any atom is -0.472 e. The van der Waals surface area contributed by atoms with E-state index in [1.807, 2.05) is 0 Å². The van der Waals surface area contributed by atoms with E-state index in [0.717, 1.165) is 18.4 Å². The van der Waals surface area contributed by atoms with E-state index in [9.17, 15) is 22.8 Å². The number of furan rings is 1. The molecule has 2 aromatic rings. The van der Waals surface area contributed by atoms with Crippen molar-refractivity contribution in [3.05, 3.63) is 47.9 Å². The summed E-state index contributed by atoms with van der Waals surface area (Å²) in [6.07, 6.45) is -2.33. The third kappa shape index (κ3) is 3.66. The smallest absolute Gasteiger partial charge is 0.418 e. The predicted molar refractivity (Wildman–Crippen MR) is 72.4 cm³/mol. The molecule has 2 rings (SSSR count). The van der Waals surface area contributed by atoms with E-state index >= 15 is 0 Å². The van der Waals surface area contributed by atoms with Gasteiger partial charge in [-0.15, -0.1) is 0 Å². The van der Waals surface area contributed by atoms with Gasteiger partial charge in [0.1, 0.15) is 6.26 Å². The van der Waals surface area contributed by atoms with Gasteiger partial charge < -0.3 is 15.1 Å². The summed E-state index contributed by atoms with van der Waals surface area (Å²) in [6, 6.07) is 4.42. The van der Waals surface area contributed by atoms with Crippen molar-refractivity contribution in [2.24, 2.45) is 0 Å². The highest BCUT2D eigenvalue weighted by Gasteiger charge is 2.34. The Morgan fingerprint density at radius 3 is 2.41 bits per heavy atom. The minimum absolute atomic E-state index is 0.0128. The number of hydrogen-bond donors (Lipinski definition) is 2. The van der Waals surface area contributed by atoms with Crippen LogP contribution in [0.25, 0.3) is 0 Å². The van der Waals surface area contributed by atoms with Gasteiger partial charge >= 0.3 is 6.18 Å². The number of anilines is 2. The molecule has 0 fully saturated rings. The molecule has 0 atom stereocenters. The van der Waals surface area contributed by atoms with Crippen LogP contribution in [0.1, 0.15) is 22.8 Å². The maximum Gasteiger partial charge on any atom is 0.418 e. The lowest BCUT2D eigenvalue weighted by atomic mass is 10.1. The SMILES string of the molecule is CC(=O)Nc1ccc(NC(=O)c2ccoc2)c(C(F)(F)F)c1. The Labute approximate surface area is 123 Å². The second-order valence-corrected chi connectivity index (χ2v) is 4.41. The molecule has 0 bridgehead atoms. The van der Waals surface area contributed by atoms with Crippen molar-refractivity contribution in [3.63, 3.8) is 0 Å². The lowest BCUT2D eigenvalue weighted by molar-refractivity contribution is -0.137. The van der Waals surface area contributed by atoms with Gasteiger partial charge in [0.15, 0.2) is 0 Å². The van der Waals surface area contributed by atoms with E-state index in [-0.39, 0.29) is 11.3 Å². The molecule has 116 valence electrons. The predicted octanol–water partition coefficient (Wildman–Crippen LogP) is 3.51. The topological polar surface area (TPSA) is 71.3 Å². The van der Waals surface area contributed by atoms with E-state index in [1.165, 1.54) is 25.3 Å². The summed E-state index contributed by atoms with van der Waals surface area (Å²) in [6.45, 7) is 1.18. The number of amides is 2. The van der Waals surface area contributed by atoms with Crippen molar-refractivity contribution in [2.45, 2.75) is 13.1 Å². The highest BCUT2D eigenvalue weighted by molar-refractivity contribution is 6.04. The lowest BCUT2D eigenvalue weighted by Gasteiger charge is -2.15. The quantitative estimate of drug-likeness (QED) is 0.911. The molecular formula is C14H11F3N2O3. The van der Waals surface area contributed by atoms with E-state index in [1.54, 1.807) is 0 Å². The van der Waals surface area contributed by atoms with Gasteiger partial charge in [0.2, 0.25) is 5.91 Å². The number of alkyl halides is 3. The average molecular weight is 312 g/mol. The van der Waals surface area contributed by atoms with Crippen molar-refractivity contribution in [2.75, 3.05) is 10.6 Å². The number of carbonyl (C=O) groups excluding carboxylic acids is 2. The van der Waals surface area contributed by atoms with Crippen LogP contribution in [0.3, 0.4) is 0 Å². The number of hydrogen-bond acceptors (Lipinski definition) is 3. The number of rotatable bonds is 3. The third-order valence-corrected chi connectivity index (χ3v) is 2.68. The molecule has 22 heavy (non-hydrogen) atoms. The Morgan fingerprint density at radius 2 is 1.86 bits per heavy atom. The number of halogens is 3. The van der Waals surface area contributed by atoms with Gasteiger partial charge in [0.25, 0.3) is 5.91 Å². The molecule has 2 N–H and O–H groups in total. The summed E-state index contributed by atoms with van der Waals surface area (Å²) in [5.74, 6) is -1.23. The van der Waals surface area contributed by atoms with E-state index in [2.05, 4.69) is 10.6 Å². The molecule has 2 amide bonds. The Balaban J connectivity index is 2.34. The summed E-state index contributed by atoms with van der Waals surface area (Å²) >= 11 is 0. The molecule has 0 aliphatic carbocycles. The fourth-order valence-corrected chi connectivity index (χ4v) is 1.76. The monoisotopic (exact) mass is 312 g/mol. The summed E-state index contributed by atoms with van der Waals surface area (Å²) in [7, 11) is 0. The molecule has 0 aliphatic rings. The fraction of sp³-hybridized carbons (Fsp3) is 0.143. The van der Waals surface area contributed by atoms with Crippen molar-refractivity contribution in [1.82, 2.24) is 0 Å². The fourth-order valence-electron chi connectivity index (χ4n) is 1.76. The van der Waals surface area contributed by atoms with Crippen LogP contribution >= 0.6 is 0 Å². The number of nitrogens with one attached hydrogen (secondary N) is 2. The van der Waals surface area contributed by atoms with Gasteiger partial charge in [0, 0.05) is 12.6 Å². The van der Waals surface area contributed by atoms with Crippen LogP contribution in [0, 0.1) is 0 Å². The Hall–Kier alpha value is -2.77. The molecule has 0 saturated carbocycles. The van der Waals surface area contributed by atoms with Crippen LogP contribution in [0.5, 0.6) is 0 Å². The highest BCUT2D eigenvalue weighted by Crippen LogP contribution is 2.36. The number of benzene rings is 1. The standard InChI is InChI=1S/C14H11F3N2O3/c1-8(20)18-10-2-3-12(11(6-10)14(15,16)17)19-13(21)9-4-5-22-7-9/h2-7H,1H3,(H,18,20)(H,19,21). The Bertz CT molecular complexity index is 694. The molecule has 8 heteroatoms. The van der Waals surface area contributed by atoms with Gasteiger partial charge in [-0.2, -0.15) is 13.2 Å². The van der Waals surface area contributed by atoms with Crippen molar-refractivity contribution >= 4 is 23.2 Å². The van der Waals surface area contributed by atoms with E-state index in [4.69, 9.17) is 4.42 Å². The molecular weight excluding hydrogens is 301 g/mol. The summed E-state index contributed by atoms with van der Waals surface area (Å²) in [4.78, 5) is 22.7. The molecule has 5 nitrogen and oxygen atoms in total. The van der Waals surface area contributed by atoms with Crippen LogP contribution in [-0.4, -0.2) is 11.8 Å². The third-order valence-electron chi connectivity index (χ3n) is 2.68. The molecule has 0 aliphatic heterocycles. The van der Waals surface area contributed by atoms with Gasteiger partial charge in [0.05, 0.1) is 23.1 Å². The first-order valence-corrected chi connectivity index (χ1v) is 6.10. The molecule has 1 aromatic carbocycles. The summed E-state index contributed by atoms with van der Waals surface area (Å²) in [5, 5.41) is 4.43. The molecule has 0 saturated heterocycles. The second-order valence-electron chi connectivity index (χ2n) is 4.41. The maximum atomic E-state index is 13.1. The molecule has 0 unspecified atom stereocenters. The normalized spacial score (nSPS) is 11.1. The first kappa shape index (κ1) is 15.6. The van der Waals surface area contributed by atoms with E-state index < -0.39 is 29.2 Å². The van der Waals surface area contributed by atoms with Crippen LogP contribution in [0.15, 0.2) is 41.2 Å². The zero-order valence-electron chi connectivity index (χ0n) is 11.3. The van der Waals surface area contributed by atoms with Crippen LogP contribution in [0.2, 0.25) is 0 Å². The van der Waals surface area contributed by atoms with Crippen LogP contribution < -0.4 is 10.6 Å². The van der Waals surface area contributed by atoms with Gasteiger partial charge in [-0.25, -0.2) is 0 Å². The zero-order chi connectivity index (χ0) is 16.3.